The molecule has 210 valence electrons. The Labute approximate surface area is 254 Å². The van der Waals surface area contributed by atoms with E-state index in [1.54, 1.807) is 42.5 Å². The average Bonchev–Trinajstić information content (AvgIpc) is 2.95. The number of anilines is 2. The van der Waals surface area contributed by atoms with E-state index < -0.39 is 0 Å². The van der Waals surface area contributed by atoms with Gasteiger partial charge in [0, 0.05) is 28.9 Å². The van der Waals surface area contributed by atoms with Gasteiger partial charge in [0.15, 0.2) is 5.11 Å². The van der Waals surface area contributed by atoms with Crippen LogP contribution < -0.4 is 20.7 Å². The monoisotopic (exact) mass is 629 g/mol. The first-order chi connectivity index (χ1) is 19.6. The Morgan fingerprint density at radius 2 is 1.39 bits per heavy atom. The van der Waals surface area contributed by atoms with Crippen molar-refractivity contribution in [3.63, 3.8) is 0 Å². The van der Waals surface area contributed by atoms with Crippen LogP contribution in [-0.4, -0.2) is 23.5 Å². The smallest absolute Gasteiger partial charge is 0.257 e. The van der Waals surface area contributed by atoms with Crippen LogP contribution in [0.5, 0.6) is 5.75 Å². The first-order valence-electron chi connectivity index (χ1n) is 13.2. The van der Waals surface area contributed by atoms with Crippen LogP contribution in [0, 0.1) is 0 Å². The van der Waals surface area contributed by atoms with Gasteiger partial charge >= 0.3 is 0 Å². The topological polar surface area (TPSA) is 79.5 Å². The van der Waals surface area contributed by atoms with Crippen molar-refractivity contribution >= 4 is 56.4 Å². The SMILES string of the molecule is CC(C)(C)c1ccc(C(=O)Nc2ccc(NC(=S)NC(=O)c3ccc(OCCc4ccccc4)c(Br)c3)cc2)cc1. The highest BCUT2D eigenvalue weighted by Gasteiger charge is 2.15. The fourth-order valence-corrected chi connectivity index (χ4v) is 4.69. The van der Waals surface area contributed by atoms with E-state index >= 15 is 0 Å². The number of carbonyl (C=O) groups excluding carboxylic acids is 2. The number of nitrogens with one attached hydrogen (secondary N) is 3. The van der Waals surface area contributed by atoms with E-state index in [0.29, 0.717) is 39.3 Å². The van der Waals surface area contributed by atoms with Gasteiger partial charge in [0.2, 0.25) is 0 Å². The van der Waals surface area contributed by atoms with E-state index in [0.717, 1.165) is 6.42 Å². The fourth-order valence-electron chi connectivity index (χ4n) is 3.98. The van der Waals surface area contributed by atoms with Crippen LogP contribution in [0.3, 0.4) is 0 Å². The largest absolute Gasteiger partial charge is 0.492 e. The van der Waals surface area contributed by atoms with Gasteiger partial charge in [-0.2, -0.15) is 0 Å². The molecule has 2 amide bonds. The van der Waals surface area contributed by atoms with Crippen LogP contribution in [0.4, 0.5) is 11.4 Å². The van der Waals surface area contributed by atoms with Gasteiger partial charge in [0.1, 0.15) is 5.75 Å². The summed E-state index contributed by atoms with van der Waals surface area (Å²) in [7, 11) is 0. The number of carbonyl (C=O) groups is 2. The number of hydrogen-bond acceptors (Lipinski definition) is 4. The van der Waals surface area contributed by atoms with Gasteiger partial charge in [0.25, 0.3) is 11.8 Å². The van der Waals surface area contributed by atoms with E-state index in [4.69, 9.17) is 17.0 Å². The van der Waals surface area contributed by atoms with Crippen molar-refractivity contribution in [1.82, 2.24) is 5.32 Å². The molecule has 0 saturated heterocycles. The summed E-state index contributed by atoms with van der Waals surface area (Å²) in [6.07, 6.45) is 0.786. The Balaban J connectivity index is 1.26. The molecule has 0 fully saturated rings. The van der Waals surface area contributed by atoms with E-state index in [1.807, 2.05) is 42.5 Å². The highest BCUT2D eigenvalue weighted by atomic mass is 79.9. The van der Waals surface area contributed by atoms with E-state index in [2.05, 4.69) is 64.8 Å². The normalized spacial score (nSPS) is 10.9. The molecule has 4 rings (SSSR count). The third-order valence-corrected chi connectivity index (χ3v) is 7.15. The van der Waals surface area contributed by atoms with Gasteiger partial charge in [-0.1, -0.05) is 63.2 Å². The highest BCUT2D eigenvalue weighted by Crippen LogP contribution is 2.26. The van der Waals surface area contributed by atoms with Crippen molar-refractivity contribution < 1.29 is 14.3 Å². The lowest BCUT2D eigenvalue weighted by molar-refractivity contribution is 0.0976. The zero-order valence-corrected chi connectivity index (χ0v) is 25.6. The number of halogens is 1. The number of benzene rings is 4. The second kappa shape index (κ2) is 13.6. The Morgan fingerprint density at radius 1 is 0.780 bits per heavy atom. The molecule has 4 aromatic carbocycles. The minimum Gasteiger partial charge on any atom is -0.492 e. The maximum absolute atomic E-state index is 12.7. The molecule has 0 unspecified atom stereocenters. The molecule has 0 spiro atoms. The Kier molecular flexibility index (Phi) is 9.91. The van der Waals surface area contributed by atoms with Crippen molar-refractivity contribution in [2.24, 2.45) is 0 Å². The van der Waals surface area contributed by atoms with Crippen LogP contribution in [0.1, 0.15) is 52.6 Å². The average molecular weight is 631 g/mol. The van der Waals surface area contributed by atoms with E-state index in [-0.39, 0.29) is 22.3 Å². The van der Waals surface area contributed by atoms with Gasteiger partial charge in [0.05, 0.1) is 11.1 Å². The van der Waals surface area contributed by atoms with E-state index in [9.17, 15) is 9.59 Å². The predicted octanol–water partition coefficient (Wildman–Crippen LogP) is 7.75. The van der Waals surface area contributed by atoms with Crippen molar-refractivity contribution in [2.75, 3.05) is 17.2 Å². The Morgan fingerprint density at radius 3 is 2.00 bits per heavy atom. The van der Waals surface area contributed by atoms with Crippen molar-refractivity contribution in [2.45, 2.75) is 32.6 Å². The summed E-state index contributed by atoms with van der Waals surface area (Å²) in [5, 5.41) is 8.74. The van der Waals surface area contributed by atoms with Crippen molar-refractivity contribution in [3.05, 3.63) is 124 Å². The summed E-state index contributed by atoms with van der Waals surface area (Å²) in [6.45, 7) is 6.93. The molecule has 0 saturated carbocycles. The maximum atomic E-state index is 12.7. The first-order valence-corrected chi connectivity index (χ1v) is 14.4. The molecule has 8 heteroatoms. The molecule has 0 aliphatic carbocycles. The number of thiocarbonyl (C=S) groups is 1. The maximum Gasteiger partial charge on any atom is 0.257 e. The minimum atomic E-state index is -0.347. The zero-order chi connectivity index (χ0) is 29.4. The highest BCUT2D eigenvalue weighted by molar-refractivity contribution is 9.10. The second-order valence-corrected chi connectivity index (χ2v) is 11.8. The lowest BCUT2D eigenvalue weighted by Crippen LogP contribution is -2.34. The molecule has 4 aromatic rings. The quantitative estimate of drug-likeness (QED) is 0.174. The molecule has 0 atom stereocenters. The summed E-state index contributed by atoms with van der Waals surface area (Å²) in [6, 6.07) is 29.9. The lowest BCUT2D eigenvalue weighted by atomic mass is 9.87. The standard InChI is InChI=1S/C33H32BrN3O3S/c1-33(2,3)25-12-9-23(10-13-25)30(38)35-26-14-16-27(17-15-26)36-32(41)37-31(39)24-11-18-29(28(34)21-24)40-20-19-22-7-5-4-6-8-22/h4-18,21H,19-20H2,1-3H3,(H,35,38)(H2,36,37,39,41). The summed E-state index contributed by atoms with van der Waals surface area (Å²) in [4.78, 5) is 25.4. The van der Waals surface area contributed by atoms with Gasteiger partial charge in [-0.15, -0.1) is 0 Å². The summed E-state index contributed by atoms with van der Waals surface area (Å²) >= 11 is 8.82. The number of ether oxygens (including phenoxy) is 1. The van der Waals surface area contributed by atoms with Gasteiger partial charge in [-0.25, -0.2) is 0 Å². The van der Waals surface area contributed by atoms with Crippen molar-refractivity contribution in [3.8, 4) is 5.75 Å². The minimum absolute atomic E-state index is 0.0248. The van der Waals surface area contributed by atoms with Gasteiger partial charge < -0.3 is 15.4 Å². The first kappa shape index (κ1) is 30.0. The summed E-state index contributed by atoms with van der Waals surface area (Å²) in [5.74, 6) is 0.125. The Bertz CT molecular complexity index is 1520. The third kappa shape index (κ3) is 8.74. The summed E-state index contributed by atoms with van der Waals surface area (Å²) in [5.41, 5.74) is 4.73. The van der Waals surface area contributed by atoms with Crippen LogP contribution in [0.15, 0.2) is 102 Å². The van der Waals surface area contributed by atoms with E-state index in [1.165, 1.54) is 11.1 Å². The molecule has 0 aliphatic rings. The van der Waals surface area contributed by atoms with Crippen LogP contribution in [0.25, 0.3) is 0 Å². The Hall–Kier alpha value is -4.01. The molecular formula is C33H32BrN3O3S. The van der Waals surface area contributed by atoms with Gasteiger partial charge in [-0.3, -0.25) is 14.9 Å². The molecular weight excluding hydrogens is 598 g/mol. The fraction of sp³-hybridized carbons (Fsp3) is 0.182. The third-order valence-electron chi connectivity index (χ3n) is 6.33. The van der Waals surface area contributed by atoms with Crippen LogP contribution in [-0.2, 0) is 11.8 Å². The number of rotatable bonds is 8. The molecule has 0 aliphatic heterocycles. The zero-order valence-electron chi connectivity index (χ0n) is 23.2. The summed E-state index contributed by atoms with van der Waals surface area (Å²) < 4.78 is 6.55. The predicted molar refractivity (Wildman–Crippen MR) is 173 cm³/mol. The van der Waals surface area contributed by atoms with Crippen LogP contribution >= 0.6 is 28.1 Å². The lowest BCUT2D eigenvalue weighted by Gasteiger charge is -2.19. The van der Waals surface area contributed by atoms with Crippen LogP contribution in [0.2, 0.25) is 0 Å². The molecule has 41 heavy (non-hydrogen) atoms. The second-order valence-electron chi connectivity index (χ2n) is 10.5. The molecule has 0 aromatic heterocycles. The molecule has 3 N–H and O–H groups in total. The number of amides is 2. The number of hydrogen-bond donors (Lipinski definition) is 3. The van der Waals surface area contributed by atoms with Gasteiger partial charge in [-0.05, 0) is 99.3 Å². The molecule has 0 radical (unpaired) electrons. The molecule has 0 bridgehead atoms. The van der Waals surface area contributed by atoms with Crippen molar-refractivity contribution in [1.29, 1.82) is 0 Å². The molecule has 0 heterocycles. The molecule has 6 nitrogen and oxygen atoms in total.